The molecule has 0 bridgehead atoms. The summed E-state index contributed by atoms with van der Waals surface area (Å²) >= 11 is 0. The number of allylic oxidation sites excluding steroid dienone is 1. The van der Waals surface area contributed by atoms with E-state index in [0.29, 0.717) is 0 Å². The van der Waals surface area contributed by atoms with E-state index in [-0.39, 0.29) is 10.8 Å². The van der Waals surface area contributed by atoms with Crippen molar-refractivity contribution in [2.45, 2.75) is 51.6 Å². The molecule has 0 aromatic rings. The van der Waals surface area contributed by atoms with Crippen LogP contribution in [0.25, 0.3) is 0 Å². The second kappa shape index (κ2) is 3.75. The van der Waals surface area contributed by atoms with E-state index in [1.807, 2.05) is 19.1 Å². The van der Waals surface area contributed by atoms with Gasteiger partial charge in [0.2, 0.25) is 0 Å². The number of rotatable bonds is 2. The van der Waals surface area contributed by atoms with Crippen LogP contribution in [0.2, 0.25) is 18.1 Å². The molecule has 0 spiro atoms. The van der Waals surface area contributed by atoms with Crippen LogP contribution in [0.4, 0.5) is 0 Å². The number of hydrogen-bond donors (Lipinski definition) is 1. The van der Waals surface area contributed by atoms with Crippen molar-refractivity contribution in [3.05, 3.63) is 12.2 Å². The van der Waals surface area contributed by atoms with Gasteiger partial charge >= 0.3 is 0 Å². The molecular formula is C10H22OSi. The van der Waals surface area contributed by atoms with Crippen LogP contribution in [0.5, 0.6) is 0 Å². The highest BCUT2D eigenvalue weighted by Gasteiger charge is 2.40. The Bertz CT molecular complexity index is 165. The van der Waals surface area contributed by atoms with E-state index in [9.17, 15) is 5.11 Å². The first-order valence-electron chi connectivity index (χ1n) is 4.54. The van der Waals surface area contributed by atoms with Crippen LogP contribution >= 0.6 is 0 Å². The maximum absolute atomic E-state index is 9.89. The summed E-state index contributed by atoms with van der Waals surface area (Å²) in [5.74, 6) is 0. The normalized spacial score (nSPS) is 16.9. The zero-order chi connectivity index (χ0) is 9.99. The van der Waals surface area contributed by atoms with Gasteiger partial charge in [-0.1, -0.05) is 46.0 Å². The van der Waals surface area contributed by atoms with Crippen LogP contribution in [0.1, 0.15) is 27.7 Å². The smallest absolute Gasteiger partial charge is 0.0914 e. The lowest BCUT2D eigenvalue weighted by Gasteiger charge is -2.39. The van der Waals surface area contributed by atoms with Gasteiger partial charge in [-0.25, -0.2) is 0 Å². The van der Waals surface area contributed by atoms with Crippen LogP contribution in [0.15, 0.2) is 12.2 Å². The third-order valence-electron chi connectivity index (χ3n) is 3.05. The summed E-state index contributed by atoms with van der Waals surface area (Å²) in [5, 5.41) is 10.1. The predicted molar refractivity (Wildman–Crippen MR) is 58.0 cm³/mol. The summed E-state index contributed by atoms with van der Waals surface area (Å²) in [6.45, 7) is 13.1. The Balaban J connectivity index is 4.61. The first-order chi connectivity index (χ1) is 5.23. The zero-order valence-electron chi connectivity index (χ0n) is 9.18. The Morgan fingerprint density at radius 3 is 1.92 bits per heavy atom. The highest BCUT2D eigenvalue weighted by molar-refractivity contribution is 6.81. The van der Waals surface area contributed by atoms with Gasteiger partial charge < -0.3 is 5.11 Å². The minimum Gasteiger partial charge on any atom is -0.393 e. The highest BCUT2D eigenvalue weighted by Crippen LogP contribution is 2.38. The van der Waals surface area contributed by atoms with Gasteiger partial charge in [-0.3, -0.25) is 0 Å². The van der Waals surface area contributed by atoms with E-state index in [1.54, 1.807) is 0 Å². The van der Waals surface area contributed by atoms with Gasteiger partial charge in [0, 0.05) is 0 Å². The van der Waals surface area contributed by atoms with Gasteiger partial charge in [0.25, 0.3) is 0 Å². The van der Waals surface area contributed by atoms with Gasteiger partial charge in [0.15, 0.2) is 0 Å². The van der Waals surface area contributed by atoms with E-state index in [2.05, 4.69) is 33.9 Å². The molecule has 1 N–H and O–H groups in total. The molecule has 72 valence electrons. The molecule has 0 heterocycles. The Hall–Kier alpha value is -0.0831. The largest absolute Gasteiger partial charge is 0.393 e. The molecule has 0 aliphatic carbocycles. The molecule has 1 unspecified atom stereocenters. The lowest BCUT2D eigenvalue weighted by atomic mass is 10.2. The average Bonchev–Trinajstić information content (AvgIpc) is 1.85. The Morgan fingerprint density at radius 2 is 1.67 bits per heavy atom. The molecule has 0 aliphatic heterocycles. The second-order valence-corrected chi connectivity index (χ2v) is 10.5. The first kappa shape index (κ1) is 11.9. The fourth-order valence-corrected chi connectivity index (χ4v) is 2.43. The molecule has 2 heteroatoms. The van der Waals surface area contributed by atoms with E-state index in [1.165, 1.54) is 0 Å². The summed E-state index contributed by atoms with van der Waals surface area (Å²) in [7, 11) is -1.56. The van der Waals surface area contributed by atoms with E-state index in [0.717, 1.165) is 0 Å². The zero-order valence-corrected chi connectivity index (χ0v) is 10.2. The molecule has 0 amide bonds. The van der Waals surface area contributed by atoms with E-state index in [4.69, 9.17) is 0 Å². The average molecular weight is 186 g/mol. The van der Waals surface area contributed by atoms with Crippen LogP contribution < -0.4 is 0 Å². The summed E-state index contributed by atoms with van der Waals surface area (Å²) in [5.41, 5.74) is -0.220. The summed E-state index contributed by atoms with van der Waals surface area (Å²) in [6, 6.07) is 0. The van der Waals surface area contributed by atoms with Crippen LogP contribution in [-0.4, -0.2) is 18.9 Å². The predicted octanol–water partition coefficient (Wildman–Crippen LogP) is 2.97. The SMILES string of the molecule is C/C=C/C(O)[Si](C)(C)C(C)(C)C. The Kier molecular flexibility index (Phi) is 3.73. The lowest BCUT2D eigenvalue weighted by Crippen LogP contribution is -2.48. The molecule has 0 aliphatic rings. The third-order valence-corrected chi connectivity index (χ3v) is 8.58. The molecule has 0 aromatic heterocycles. The third kappa shape index (κ3) is 2.46. The van der Waals surface area contributed by atoms with Gasteiger partial charge in [-0.05, 0) is 12.0 Å². The van der Waals surface area contributed by atoms with Crippen LogP contribution in [-0.2, 0) is 0 Å². The lowest BCUT2D eigenvalue weighted by molar-refractivity contribution is 0.284. The minimum absolute atomic E-state index is 0.220. The van der Waals surface area contributed by atoms with Crippen molar-refractivity contribution < 1.29 is 5.11 Å². The summed E-state index contributed by atoms with van der Waals surface area (Å²) in [6.07, 6.45) is 3.85. The molecule has 0 saturated heterocycles. The molecule has 0 saturated carbocycles. The number of aliphatic hydroxyl groups is 1. The molecule has 1 nitrogen and oxygen atoms in total. The van der Waals surface area contributed by atoms with Crippen LogP contribution in [0.3, 0.4) is 0 Å². The molecule has 0 rings (SSSR count). The van der Waals surface area contributed by atoms with Crippen molar-refractivity contribution in [2.24, 2.45) is 0 Å². The van der Waals surface area contributed by atoms with Gasteiger partial charge in [0.1, 0.15) is 0 Å². The number of aliphatic hydroxyl groups excluding tert-OH is 1. The van der Waals surface area contributed by atoms with Gasteiger partial charge in [0.05, 0.1) is 13.8 Å². The van der Waals surface area contributed by atoms with Gasteiger partial charge in [-0.2, -0.15) is 0 Å². The first-order valence-corrected chi connectivity index (χ1v) is 7.62. The van der Waals surface area contributed by atoms with Crippen molar-refractivity contribution >= 4 is 8.07 Å². The molecule has 0 aromatic carbocycles. The van der Waals surface area contributed by atoms with E-state index >= 15 is 0 Å². The second-order valence-electron chi connectivity index (χ2n) is 4.94. The minimum atomic E-state index is -1.56. The monoisotopic (exact) mass is 186 g/mol. The molecule has 0 radical (unpaired) electrons. The quantitative estimate of drug-likeness (QED) is 0.519. The standard InChI is InChI=1S/C10H22OSi/c1-7-8-9(11)12(5,6)10(2,3)4/h7-9,11H,1-6H3/b8-7+. The summed E-state index contributed by atoms with van der Waals surface area (Å²) in [4.78, 5) is 0. The Morgan fingerprint density at radius 1 is 1.25 bits per heavy atom. The van der Waals surface area contributed by atoms with Gasteiger partial charge in [-0.15, -0.1) is 0 Å². The van der Waals surface area contributed by atoms with Crippen molar-refractivity contribution in [1.29, 1.82) is 0 Å². The maximum Gasteiger partial charge on any atom is 0.0914 e. The van der Waals surface area contributed by atoms with Crippen molar-refractivity contribution in [2.75, 3.05) is 0 Å². The fraction of sp³-hybridized carbons (Fsp3) is 0.800. The maximum atomic E-state index is 9.89. The number of hydrogen-bond acceptors (Lipinski definition) is 1. The van der Waals surface area contributed by atoms with Crippen molar-refractivity contribution in [3.63, 3.8) is 0 Å². The molecular weight excluding hydrogens is 164 g/mol. The fourth-order valence-electron chi connectivity index (χ4n) is 0.867. The summed E-state index contributed by atoms with van der Waals surface area (Å²) < 4.78 is 0. The topological polar surface area (TPSA) is 20.2 Å². The molecule has 0 fully saturated rings. The molecule has 1 atom stereocenters. The Labute approximate surface area is 77.5 Å². The van der Waals surface area contributed by atoms with Crippen molar-refractivity contribution in [1.82, 2.24) is 0 Å². The van der Waals surface area contributed by atoms with E-state index < -0.39 is 8.07 Å². The molecule has 12 heavy (non-hydrogen) atoms. The van der Waals surface area contributed by atoms with Crippen molar-refractivity contribution in [3.8, 4) is 0 Å². The highest BCUT2D eigenvalue weighted by atomic mass is 28.3. The van der Waals surface area contributed by atoms with Crippen LogP contribution in [0, 0.1) is 0 Å².